The Labute approximate surface area is 157 Å². The van der Waals surface area contributed by atoms with Gasteiger partial charge in [0.1, 0.15) is 5.75 Å². The number of rotatable bonds is 6. The summed E-state index contributed by atoms with van der Waals surface area (Å²) in [5, 5.41) is 1.06. The summed E-state index contributed by atoms with van der Waals surface area (Å²) >= 11 is 0. The molecule has 0 aliphatic carbocycles. The highest BCUT2D eigenvalue weighted by Gasteiger charge is 2.38. The number of aromatic amines is 1. The number of methoxy groups -OCH3 is 1. The first-order chi connectivity index (χ1) is 13.2. The Morgan fingerprint density at radius 3 is 2.74 bits per heavy atom. The molecule has 2 heterocycles. The van der Waals surface area contributed by atoms with Crippen molar-refractivity contribution >= 4 is 22.7 Å². The topological polar surface area (TPSA) is 62.4 Å². The van der Waals surface area contributed by atoms with Crippen molar-refractivity contribution in [1.82, 2.24) is 9.88 Å². The van der Waals surface area contributed by atoms with E-state index in [1.165, 1.54) is 4.90 Å². The molecule has 0 spiro atoms. The number of carbonyl (C=O) groups excluding carboxylic acids is 2. The molecule has 1 unspecified atom stereocenters. The normalized spacial score (nSPS) is 17.1. The van der Waals surface area contributed by atoms with Crippen molar-refractivity contribution in [2.75, 3.05) is 13.7 Å². The molecule has 1 saturated heterocycles. The number of H-pyrrole nitrogens is 1. The van der Waals surface area contributed by atoms with Gasteiger partial charge >= 0.3 is 0 Å². The fourth-order valence-electron chi connectivity index (χ4n) is 3.77. The molecule has 0 saturated carbocycles. The largest absolute Gasteiger partial charge is 0.497 e. The third kappa shape index (κ3) is 3.45. The number of likely N-dealkylation sites (tertiary alicyclic amines) is 1. The van der Waals surface area contributed by atoms with Gasteiger partial charge < -0.3 is 9.72 Å². The third-order valence-corrected chi connectivity index (χ3v) is 5.24. The summed E-state index contributed by atoms with van der Waals surface area (Å²) in [5.41, 5.74) is 3.19. The summed E-state index contributed by atoms with van der Waals surface area (Å²) < 4.78 is 5.30. The molecule has 3 aromatic rings. The zero-order chi connectivity index (χ0) is 18.8. The van der Waals surface area contributed by atoms with E-state index in [0.717, 1.165) is 27.8 Å². The molecule has 1 atom stereocenters. The molecule has 5 heteroatoms. The Morgan fingerprint density at radius 1 is 1.15 bits per heavy atom. The number of nitrogens with zero attached hydrogens (tertiary/aromatic N) is 1. The fourth-order valence-corrected chi connectivity index (χ4v) is 3.77. The summed E-state index contributed by atoms with van der Waals surface area (Å²) in [6, 6.07) is 15.7. The maximum atomic E-state index is 12.7. The number of hydrogen-bond donors (Lipinski definition) is 1. The van der Waals surface area contributed by atoms with Crippen LogP contribution in [0.2, 0.25) is 0 Å². The number of ether oxygens (including phenoxy) is 1. The van der Waals surface area contributed by atoms with Gasteiger partial charge in [0.15, 0.2) is 0 Å². The van der Waals surface area contributed by atoms with Gasteiger partial charge in [-0.1, -0.05) is 30.3 Å². The number of amides is 2. The molecular formula is C22H22N2O3. The highest BCUT2D eigenvalue weighted by atomic mass is 16.5. The van der Waals surface area contributed by atoms with E-state index >= 15 is 0 Å². The zero-order valence-corrected chi connectivity index (χ0v) is 15.3. The van der Waals surface area contributed by atoms with Crippen molar-refractivity contribution in [1.29, 1.82) is 0 Å². The lowest BCUT2D eigenvalue weighted by atomic mass is 9.98. The third-order valence-electron chi connectivity index (χ3n) is 5.24. The molecule has 0 radical (unpaired) electrons. The number of fused-ring (bicyclic) bond motifs is 1. The smallest absolute Gasteiger partial charge is 0.233 e. The molecule has 27 heavy (non-hydrogen) atoms. The summed E-state index contributed by atoms with van der Waals surface area (Å²) in [4.78, 5) is 29.8. The first-order valence-electron chi connectivity index (χ1n) is 9.18. The van der Waals surface area contributed by atoms with Gasteiger partial charge in [0.25, 0.3) is 0 Å². The van der Waals surface area contributed by atoms with Crippen LogP contribution < -0.4 is 4.74 Å². The second-order valence-corrected chi connectivity index (χ2v) is 6.95. The number of imide groups is 1. The lowest BCUT2D eigenvalue weighted by Crippen LogP contribution is -2.32. The van der Waals surface area contributed by atoms with E-state index in [-0.39, 0.29) is 17.7 Å². The number of hydrogen-bond acceptors (Lipinski definition) is 3. The van der Waals surface area contributed by atoms with Gasteiger partial charge in [0.2, 0.25) is 11.8 Å². The number of carbonyl (C=O) groups is 2. The Kier molecular flexibility index (Phi) is 4.67. The van der Waals surface area contributed by atoms with Crippen molar-refractivity contribution in [3.05, 3.63) is 65.9 Å². The van der Waals surface area contributed by atoms with E-state index in [0.29, 0.717) is 25.8 Å². The van der Waals surface area contributed by atoms with Crippen molar-refractivity contribution in [2.24, 2.45) is 5.92 Å². The van der Waals surface area contributed by atoms with Crippen LogP contribution in [0.1, 0.15) is 17.5 Å². The highest BCUT2D eigenvalue weighted by Crippen LogP contribution is 2.26. The SMILES string of the molecule is COc1ccc2[nH]cc(CCN3C(=O)CC(Cc4ccccc4)C3=O)c2c1. The standard InChI is InChI=1S/C22H22N2O3/c1-27-18-7-8-20-19(13-18)16(14-23-20)9-10-24-21(25)12-17(22(24)26)11-15-5-3-2-4-6-15/h2-8,13-14,17,23H,9-12H2,1H3. The molecule has 1 N–H and O–H groups in total. The van der Waals surface area contributed by atoms with E-state index in [1.807, 2.05) is 54.7 Å². The first-order valence-corrected chi connectivity index (χ1v) is 9.18. The Hall–Kier alpha value is -3.08. The maximum Gasteiger partial charge on any atom is 0.233 e. The summed E-state index contributed by atoms with van der Waals surface area (Å²) in [7, 11) is 1.64. The lowest BCUT2D eigenvalue weighted by Gasteiger charge is -2.15. The van der Waals surface area contributed by atoms with Gasteiger partial charge in [-0.3, -0.25) is 14.5 Å². The van der Waals surface area contributed by atoms with Gasteiger partial charge in [-0.15, -0.1) is 0 Å². The first kappa shape index (κ1) is 17.3. The molecule has 1 aromatic heterocycles. The van der Waals surface area contributed by atoms with E-state index in [9.17, 15) is 9.59 Å². The second kappa shape index (κ2) is 7.27. The second-order valence-electron chi connectivity index (χ2n) is 6.95. The highest BCUT2D eigenvalue weighted by molar-refractivity contribution is 6.03. The number of benzene rings is 2. The van der Waals surface area contributed by atoms with E-state index in [1.54, 1.807) is 7.11 Å². The van der Waals surface area contributed by atoms with Crippen LogP contribution in [0.4, 0.5) is 0 Å². The van der Waals surface area contributed by atoms with Crippen LogP contribution in [0.5, 0.6) is 5.75 Å². The summed E-state index contributed by atoms with van der Waals surface area (Å²) in [6.07, 6.45) is 3.49. The average molecular weight is 362 g/mol. The molecule has 4 rings (SSSR count). The Morgan fingerprint density at radius 2 is 1.96 bits per heavy atom. The number of nitrogens with one attached hydrogen (secondary N) is 1. The minimum atomic E-state index is -0.247. The summed E-state index contributed by atoms with van der Waals surface area (Å²) in [5.74, 6) is 0.419. The minimum absolute atomic E-state index is 0.0544. The maximum absolute atomic E-state index is 12.7. The summed E-state index contributed by atoms with van der Waals surface area (Å²) in [6.45, 7) is 0.410. The van der Waals surface area contributed by atoms with Gasteiger partial charge in [0.05, 0.1) is 13.0 Å². The molecule has 1 aliphatic rings. The number of aromatic nitrogens is 1. The van der Waals surface area contributed by atoms with Crippen molar-refractivity contribution in [3.63, 3.8) is 0 Å². The lowest BCUT2D eigenvalue weighted by molar-refractivity contribution is -0.139. The molecule has 5 nitrogen and oxygen atoms in total. The molecule has 2 aromatic carbocycles. The molecule has 138 valence electrons. The van der Waals surface area contributed by atoms with Crippen LogP contribution in [-0.2, 0) is 22.4 Å². The van der Waals surface area contributed by atoms with Crippen molar-refractivity contribution in [2.45, 2.75) is 19.3 Å². The van der Waals surface area contributed by atoms with E-state index in [2.05, 4.69) is 4.98 Å². The van der Waals surface area contributed by atoms with Gasteiger partial charge in [0, 0.05) is 30.1 Å². The molecule has 1 aliphatic heterocycles. The monoisotopic (exact) mass is 362 g/mol. The fraction of sp³-hybridized carbons (Fsp3) is 0.273. The predicted molar refractivity (Wildman–Crippen MR) is 104 cm³/mol. The van der Waals surface area contributed by atoms with Crippen LogP contribution in [0.25, 0.3) is 10.9 Å². The van der Waals surface area contributed by atoms with Crippen LogP contribution in [0, 0.1) is 5.92 Å². The minimum Gasteiger partial charge on any atom is -0.497 e. The average Bonchev–Trinajstić information content (AvgIpc) is 3.21. The predicted octanol–water partition coefficient (Wildman–Crippen LogP) is 3.34. The van der Waals surface area contributed by atoms with E-state index in [4.69, 9.17) is 4.74 Å². The van der Waals surface area contributed by atoms with Crippen LogP contribution in [0.3, 0.4) is 0 Å². The molecule has 0 bridgehead atoms. The van der Waals surface area contributed by atoms with Crippen LogP contribution >= 0.6 is 0 Å². The van der Waals surface area contributed by atoms with Gasteiger partial charge in [-0.2, -0.15) is 0 Å². The molecular weight excluding hydrogens is 340 g/mol. The van der Waals surface area contributed by atoms with Gasteiger partial charge in [-0.25, -0.2) is 0 Å². The molecule has 2 amide bonds. The quantitative estimate of drug-likeness (QED) is 0.684. The van der Waals surface area contributed by atoms with Gasteiger partial charge in [-0.05, 0) is 42.2 Å². The Balaban J connectivity index is 1.45. The zero-order valence-electron chi connectivity index (χ0n) is 15.3. The Bertz CT molecular complexity index is 978. The molecule has 1 fully saturated rings. The van der Waals surface area contributed by atoms with E-state index < -0.39 is 0 Å². The van der Waals surface area contributed by atoms with Crippen LogP contribution in [0.15, 0.2) is 54.7 Å². The van der Waals surface area contributed by atoms with Crippen molar-refractivity contribution in [3.8, 4) is 5.75 Å². The van der Waals surface area contributed by atoms with Crippen LogP contribution in [-0.4, -0.2) is 35.4 Å². The van der Waals surface area contributed by atoms with Crippen molar-refractivity contribution < 1.29 is 14.3 Å².